The van der Waals surface area contributed by atoms with Gasteiger partial charge in [0.2, 0.25) is 0 Å². The van der Waals surface area contributed by atoms with Crippen molar-refractivity contribution >= 4 is 21.8 Å². The van der Waals surface area contributed by atoms with Crippen molar-refractivity contribution in [1.82, 2.24) is 4.57 Å². The summed E-state index contributed by atoms with van der Waals surface area (Å²) in [6.45, 7) is 4.87. The van der Waals surface area contributed by atoms with Gasteiger partial charge in [0.1, 0.15) is 11.6 Å². The molecule has 0 aliphatic rings. The molecule has 1 nitrogen and oxygen atoms in total. The summed E-state index contributed by atoms with van der Waals surface area (Å²) in [6.07, 6.45) is 0. The van der Waals surface area contributed by atoms with Crippen LogP contribution in [0, 0.1) is 44.0 Å². The van der Waals surface area contributed by atoms with Crippen molar-refractivity contribution in [3.63, 3.8) is 0 Å². The highest BCUT2D eigenvalue weighted by Gasteiger charge is 2.23. The number of fused-ring (bicyclic) bond motifs is 3. The van der Waals surface area contributed by atoms with Crippen LogP contribution >= 0.6 is 0 Å². The summed E-state index contributed by atoms with van der Waals surface area (Å²) in [5.74, 6) is -3.39. The minimum Gasteiger partial charge on any atom is -0.301 e. The van der Waals surface area contributed by atoms with Crippen molar-refractivity contribution in [1.29, 1.82) is 0 Å². The van der Waals surface area contributed by atoms with Crippen LogP contribution in [0.2, 0.25) is 0 Å². The molecule has 0 saturated heterocycles. The number of hydrogen-bond donors (Lipinski definition) is 0. The van der Waals surface area contributed by atoms with E-state index in [1.54, 1.807) is 26.0 Å². The summed E-state index contributed by atoms with van der Waals surface area (Å²) in [7, 11) is 0. The van der Waals surface area contributed by atoms with Gasteiger partial charge in [0.05, 0.1) is 16.7 Å². The van der Waals surface area contributed by atoms with Gasteiger partial charge in [-0.15, -0.1) is 0 Å². The summed E-state index contributed by atoms with van der Waals surface area (Å²) in [4.78, 5) is 0. The van der Waals surface area contributed by atoms with E-state index >= 15 is 0 Å². The van der Waals surface area contributed by atoms with Crippen LogP contribution in [0.15, 0.2) is 36.4 Å². The first-order chi connectivity index (χ1) is 12.3. The van der Waals surface area contributed by atoms with Gasteiger partial charge in [0.15, 0.2) is 11.6 Å². The van der Waals surface area contributed by atoms with E-state index in [-0.39, 0.29) is 22.3 Å². The van der Waals surface area contributed by atoms with Gasteiger partial charge in [-0.1, -0.05) is 6.07 Å². The van der Waals surface area contributed by atoms with Crippen LogP contribution in [0.3, 0.4) is 0 Å². The topological polar surface area (TPSA) is 4.93 Å². The van der Waals surface area contributed by atoms with Crippen LogP contribution in [-0.2, 0) is 0 Å². The average molecular weight is 357 g/mol. The second-order valence-electron chi connectivity index (χ2n) is 6.65. The van der Waals surface area contributed by atoms with E-state index in [2.05, 4.69) is 0 Å². The Bertz CT molecular complexity index is 1200. The number of nitrogens with zero attached hydrogens (tertiary/aromatic N) is 1. The molecule has 0 fully saturated rings. The van der Waals surface area contributed by atoms with Gasteiger partial charge in [0, 0.05) is 10.8 Å². The molecule has 1 heterocycles. The molecule has 0 radical (unpaired) electrons. The molecule has 0 aliphatic heterocycles. The summed E-state index contributed by atoms with van der Waals surface area (Å²) in [5.41, 5.74) is 1.25. The molecule has 3 aromatic carbocycles. The van der Waals surface area contributed by atoms with Crippen LogP contribution in [0.5, 0.6) is 0 Å². The molecule has 0 N–H and O–H groups in total. The lowest BCUT2D eigenvalue weighted by molar-refractivity contribution is 0.508. The van der Waals surface area contributed by atoms with E-state index in [9.17, 15) is 17.6 Å². The standard InChI is InChI=1S/C21H15F4N/c1-10-4-5-17(15(22)7-10)26-20-13(6-11(2)8-16(20)23)14-9-12(3)18(24)19(25)21(14)26/h4-9H,1-3H3. The molecule has 0 aliphatic carbocycles. The third-order valence-electron chi connectivity index (χ3n) is 4.65. The summed E-state index contributed by atoms with van der Waals surface area (Å²) in [6, 6.07) is 8.83. The molecular weight excluding hydrogens is 342 g/mol. The molecule has 4 aromatic rings. The number of benzene rings is 3. The zero-order valence-corrected chi connectivity index (χ0v) is 14.4. The number of hydrogen-bond acceptors (Lipinski definition) is 0. The van der Waals surface area contributed by atoms with Crippen LogP contribution in [0.1, 0.15) is 16.7 Å². The first kappa shape index (κ1) is 16.6. The fourth-order valence-electron chi connectivity index (χ4n) is 3.48. The van der Waals surface area contributed by atoms with Gasteiger partial charge in [-0.05, 0) is 67.8 Å². The maximum atomic E-state index is 14.8. The molecule has 5 heteroatoms. The molecule has 0 unspecified atom stereocenters. The van der Waals surface area contributed by atoms with E-state index in [4.69, 9.17) is 0 Å². The zero-order valence-electron chi connectivity index (χ0n) is 14.4. The fraction of sp³-hybridized carbons (Fsp3) is 0.143. The SMILES string of the molecule is Cc1ccc(-n2c3c(F)cc(C)cc3c3cc(C)c(F)c(F)c32)c(F)c1. The van der Waals surface area contributed by atoms with Crippen LogP contribution < -0.4 is 0 Å². The molecule has 4 rings (SSSR count). The minimum atomic E-state index is -1.12. The molecular formula is C21H15F4N. The number of halogens is 4. The Kier molecular flexibility index (Phi) is 3.58. The lowest BCUT2D eigenvalue weighted by Gasteiger charge is -2.11. The van der Waals surface area contributed by atoms with Crippen LogP contribution in [0.4, 0.5) is 17.6 Å². The highest BCUT2D eigenvalue weighted by molar-refractivity contribution is 6.10. The molecule has 0 atom stereocenters. The Balaban J connectivity index is 2.32. The van der Waals surface area contributed by atoms with Crippen molar-refractivity contribution in [2.75, 3.05) is 0 Å². The molecule has 132 valence electrons. The van der Waals surface area contributed by atoms with E-state index in [0.717, 1.165) is 4.57 Å². The van der Waals surface area contributed by atoms with Crippen molar-refractivity contribution in [2.45, 2.75) is 20.8 Å². The van der Waals surface area contributed by atoms with E-state index < -0.39 is 23.3 Å². The van der Waals surface area contributed by atoms with Crippen molar-refractivity contribution in [2.24, 2.45) is 0 Å². The van der Waals surface area contributed by atoms with E-state index in [0.29, 0.717) is 21.9 Å². The minimum absolute atomic E-state index is 0.0252. The van der Waals surface area contributed by atoms with Gasteiger partial charge in [0.25, 0.3) is 0 Å². The van der Waals surface area contributed by atoms with Gasteiger partial charge < -0.3 is 4.57 Å². The largest absolute Gasteiger partial charge is 0.301 e. The average Bonchev–Trinajstić information content (AvgIpc) is 2.87. The number of rotatable bonds is 1. The Labute approximate surface area is 147 Å². The maximum absolute atomic E-state index is 14.8. The lowest BCUT2D eigenvalue weighted by Crippen LogP contribution is -2.02. The van der Waals surface area contributed by atoms with Crippen molar-refractivity contribution in [3.05, 3.63) is 76.4 Å². The normalized spacial score (nSPS) is 11.7. The lowest BCUT2D eigenvalue weighted by atomic mass is 10.1. The number of aromatic nitrogens is 1. The second-order valence-corrected chi connectivity index (χ2v) is 6.65. The summed E-state index contributed by atoms with van der Waals surface area (Å²) in [5, 5.41) is 0.762. The highest BCUT2D eigenvalue weighted by Crippen LogP contribution is 2.38. The third kappa shape index (κ3) is 2.23. The predicted octanol–water partition coefficient (Wildman–Crippen LogP) is 6.27. The first-order valence-corrected chi connectivity index (χ1v) is 8.15. The predicted molar refractivity (Wildman–Crippen MR) is 94.8 cm³/mol. The maximum Gasteiger partial charge on any atom is 0.183 e. The van der Waals surface area contributed by atoms with Gasteiger partial charge >= 0.3 is 0 Å². The van der Waals surface area contributed by atoms with E-state index in [1.807, 2.05) is 0 Å². The molecule has 26 heavy (non-hydrogen) atoms. The first-order valence-electron chi connectivity index (χ1n) is 8.15. The van der Waals surface area contributed by atoms with Gasteiger partial charge in [-0.25, -0.2) is 17.6 Å². The van der Waals surface area contributed by atoms with Crippen LogP contribution in [-0.4, -0.2) is 4.57 Å². The Morgan fingerprint density at radius 1 is 0.654 bits per heavy atom. The summed E-state index contributed by atoms with van der Waals surface area (Å²) < 4.78 is 59.7. The van der Waals surface area contributed by atoms with Crippen LogP contribution in [0.25, 0.3) is 27.5 Å². The van der Waals surface area contributed by atoms with Gasteiger partial charge in [-0.3, -0.25) is 0 Å². The molecule has 0 spiro atoms. The molecule has 0 amide bonds. The fourth-order valence-corrected chi connectivity index (χ4v) is 3.48. The van der Waals surface area contributed by atoms with Crippen molar-refractivity contribution in [3.8, 4) is 5.69 Å². The van der Waals surface area contributed by atoms with Crippen molar-refractivity contribution < 1.29 is 17.6 Å². The van der Waals surface area contributed by atoms with Gasteiger partial charge in [-0.2, -0.15) is 0 Å². The van der Waals surface area contributed by atoms with E-state index in [1.165, 1.54) is 31.2 Å². The Morgan fingerprint density at radius 2 is 1.31 bits per heavy atom. The Hall–Kier alpha value is -2.82. The third-order valence-corrected chi connectivity index (χ3v) is 4.65. The smallest absolute Gasteiger partial charge is 0.183 e. The highest BCUT2D eigenvalue weighted by atomic mass is 19.2. The molecule has 0 saturated carbocycles. The number of aryl methyl sites for hydroxylation is 3. The quantitative estimate of drug-likeness (QED) is 0.354. The summed E-state index contributed by atoms with van der Waals surface area (Å²) >= 11 is 0. The zero-order chi connectivity index (χ0) is 18.7. The molecule has 1 aromatic heterocycles. The second kappa shape index (κ2) is 5.59. The molecule has 0 bridgehead atoms. The monoisotopic (exact) mass is 357 g/mol. The Morgan fingerprint density at radius 3 is 2.00 bits per heavy atom.